The highest BCUT2D eigenvalue weighted by Gasteiger charge is 2.41. The van der Waals surface area contributed by atoms with E-state index >= 15 is 0 Å². The van der Waals surface area contributed by atoms with Gasteiger partial charge in [-0.3, -0.25) is 4.90 Å². The van der Waals surface area contributed by atoms with Crippen molar-refractivity contribution in [3.63, 3.8) is 0 Å². The normalized spacial score (nSPS) is 20.6. The maximum atomic E-state index is 10.6. The number of hydrogen-bond donors (Lipinski definition) is 2. The lowest BCUT2D eigenvalue weighted by Crippen LogP contribution is -2.59. The van der Waals surface area contributed by atoms with Crippen LogP contribution in [-0.4, -0.2) is 133 Å². The first kappa shape index (κ1) is 33.3. The third kappa shape index (κ3) is 12.2. The molecule has 11 nitrogen and oxygen atoms in total. The van der Waals surface area contributed by atoms with Crippen LogP contribution in [0.4, 0.5) is 32.3 Å². The van der Waals surface area contributed by atoms with Crippen molar-refractivity contribution in [2.24, 2.45) is 0 Å². The van der Waals surface area contributed by atoms with Crippen molar-refractivity contribution in [3.8, 4) is 0 Å². The molecule has 1 aromatic rings. The summed E-state index contributed by atoms with van der Waals surface area (Å²) in [6.45, 7) is 9.60. The quantitative estimate of drug-likeness (QED) is 0.518. The summed E-state index contributed by atoms with van der Waals surface area (Å²) in [5.41, 5.74) is 0.782. The molecule has 1 unspecified atom stereocenters. The number of aliphatic carboxylic acids is 2. The highest BCUT2D eigenvalue weighted by molar-refractivity contribution is 5.73. The lowest BCUT2D eigenvalue weighted by molar-refractivity contribution is -0.193. The van der Waals surface area contributed by atoms with Crippen LogP contribution < -0.4 is 4.90 Å². The van der Waals surface area contributed by atoms with Crippen LogP contribution in [-0.2, 0) is 19.1 Å². The number of carboxylic acids is 2. The van der Waals surface area contributed by atoms with E-state index in [1.165, 1.54) is 0 Å². The molecule has 2 saturated heterocycles. The number of halogens is 6. The second-order valence-electron chi connectivity index (χ2n) is 8.75. The number of likely N-dealkylation sites (N-methyl/N-ethyl adjacent to an activating group) is 1. The number of aromatic nitrogens is 2. The Hall–Kier alpha value is -2.76. The van der Waals surface area contributed by atoms with Gasteiger partial charge in [-0.1, -0.05) is 0 Å². The van der Waals surface area contributed by atoms with Gasteiger partial charge in [-0.15, -0.1) is 0 Å². The Morgan fingerprint density at radius 3 is 2.00 bits per heavy atom. The molecular weight excluding hydrogens is 532 g/mol. The Bertz CT molecular complexity index is 863. The second-order valence-corrected chi connectivity index (χ2v) is 8.75. The minimum atomic E-state index is -5.08. The molecular formula is C21H31F6N5O6. The first-order chi connectivity index (χ1) is 17.4. The maximum Gasteiger partial charge on any atom is 0.490 e. The van der Waals surface area contributed by atoms with E-state index in [2.05, 4.69) is 38.8 Å². The molecule has 0 radical (unpaired) electrons. The molecule has 2 fully saturated rings. The molecule has 1 spiro atoms. The third-order valence-electron chi connectivity index (χ3n) is 5.08. The number of ether oxygens (including phenoxy) is 2. The molecule has 2 aliphatic heterocycles. The molecule has 3 heterocycles. The first-order valence-corrected chi connectivity index (χ1v) is 11.2. The summed E-state index contributed by atoms with van der Waals surface area (Å²) in [5.74, 6) is -4.73. The second kappa shape index (κ2) is 14.4. The van der Waals surface area contributed by atoms with Gasteiger partial charge in [0.05, 0.1) is 26.4 Å². The largest absolute Gasteiger partial charge is 0.490 e. The van der Waals surface area contributed by atoms with Gasteiger partial charge in [0, 0.05) is 45.1 Å². The van der Waals surface area contributed by atoms with Gasteiger partial charge in [-0.2, -0.15) is 26.3 Å². The van der Waals surface area contributed by atoms with Crippen LogP contribution in [0.1, 0.15) is 5.56 Å². The van der Waals surface area contributed by atoms with Gasteiger partial charge in [-0.05, 0) is 26.6 Å². The van der Waals surface area contributed by atoms with Crippen LogP contribution >= 0.6 is 0 Å². The number of alkyl halides is 6. The fourth-order valence-corrected chi connectivity index (χ4v) is 3.26. The van der Waals surface area contributed by atoms with Crippen molar-refractivity contribution in [1.82, 2.24) is 19.8 Å². The molecule has 218 valence electrons. The van der Waals surface area contributed by atoms with Gasteiger partial charge in [0.2, 0.25) is 5.95 Å². The Morgan fingerprint density at radius 2 is 1.53 bits per heavy atom. The van der Waals surface area contributed by atoms with E-state index in [-0.39, 0.29) is 5.60 Å². The number of nitrogens with zero attached hydrogens (tertiary/aromatic N) is 5. The minimum absolute atomic E-state index is 0.296. The average Bonchev–Trinajstić information content (AvgIpc) is 2.99. The zero-order valence-electron chi connectivity index (χ0n) is 21.0. The van der Waals surface area contributed by atoms with Crippen molar-refractivity contribution in [2.45, 2.75) is 24.9 Å². The van der Waals surface area contributed by atoms with Crippen molar-refractivity contribution >= 4 is 17.9 Å². The van der Waals surface area contributed by atoms with Crippen LogP contribution in [0.15, 0.2) is 12.4 Å². The van der Waals surface area contributed by atoms with E-state index in [4.69, 9.17) is 29.3 Å². The molecule has 17 heteroatoms. The summed E-state index contributed by atoms with van der Waals surface area (Å²) >= 11 is 0. The van der Waals surface area contributed by atoms with E-state index in [9.17, 15) is 26.3 Å². The molecule has 0 bridgehead atoms. The van der Waals surface area contributed by atoms with Gasteiger partial charge in [0.15, 0.2) is 0 Å². The zero-order chi connectivity index (χ0) is 29.1. The SMILES string of the molecule is Cc1cnc(N2CCOC3(COCCN(CCN(C)C)C3)C2)nc1.O=C(O)C(F)(F)F.O=C(O)C(F)(F)F. The van der Waals surface area contributed by atoms with Gasteiger partial charge in [-0.25, -0.2) is 19.6 Å². The van der Waals surface area contributed by atoms with Gasteiger partial charge < -0.3 is 29.5 Å². The third-order valence-corrected chi connectivity index (χ3v) is 5.08. The van der Waals surface area contributed by atoms with Crippen LogP contribution in [0, 0.1) is 6.92 Å². The lowest BCUT2D eigenvalue weighted by atomic mass is 10.0. The highest BCUT2D eigenvalue weighted by Crippen LogP contribution is 2.24. The number of morpholine rings is 1. The molecule has 1 aromatic heterocycles. The molecule has 0 amide bonds. The molecule has 3 rings (SSSR count). The monoisotopic (exact) mass is 563 g/mol. The van der Waals surface area contributed by atoms with Crippen molar-refractivity contribution in [3.05, 3.63) is 18.0 Å². The average molecular weight is 563 g/mol. The summed E-state index contributed by atoms with van der Waals surface area (Å²) < 4.78 is 75.6. The smallest absolute Gasteiger partial charge is 0.475 e. The van der Waals surface area contributed by atoms with Crippen molar-refractivity contribution in [2.75, 3.05) is 78.1 Å². The molecule has 1 atom stereocenters. The summed E-state index contributed by atoms with van der Waals surface area (Å²) in [5, 5.41) is 14.2. The Kier molecular flexibility index (Phi) is 12.6. The van der Waals surface area contributed by atoms with Crippen LogP contribution in [0.3, 0.4) is 0 Å². The predicted octanol–water partition coefficient (Wildman–Crippen LogP) is 1.52. The molecule has 0 saturated carbocycles. The van der Waals surface area contributed by atoms with E-state index in [1.807, 2.05) is 19.3 Å². The fraction of sp³-hybridized carbons (Fsp3) is 0.714. The van der Waals surface area contributed by atoms with Crippen molar-refractivity contribution in [1.29, 1.82) is 0 Å². The van der Waals surface area contributed by atoms with E-state index < -0.39 is 24.3 Å². The number of carboxylic acid groups (broad SMARTS) is 2. The summed E-state index contributed by atoms with van der Waals surface area (Å²) in [6, 6.07) is 0. The molecule has 0 aromatic carbocycles. The zero-order valence-corrected chi connectivity index (χ0v) is 21.0. The minimum Gasteiger partial charge on any atom is -0.475 e. The number of rotatable bonds is 4. The van der Waals surface area contributed by atoms with E-state index in [1.54, 1.807) is 0 Å². The molecule has 2 aliphatic rings. The topological polar surface area (TPSA) is 129 Å². The maximum absolute atomic E-state index is 10.6. The molecule has 38 heavy (non-hydrogen) atoms. The van der Waals surface area contributed by atoms with E-state index in [0.717, 1.165) is 57.4 Å². The Morgan fingerprint density at radius 1 is 1.00 bits per heavy atom. The fourth-order valence-electron chi connectivity index (χ4n) is 3.26. The van der Waals surface area contributed by atoms with Crippen LogP contribution in [0.5, 0.6) is 0 Å². The van der Waals surface area contributed by atoms with Gasteiger partial charge in [0.25, 0.3) is 0 Å². The standard InChI is InChI=1S/C17H29N5O2.2C2HF3O2/c1-15-10-18-16(19-11-15)22-7-9-24-17(13-22)12-21(5-4-20(2)3)6-8-23-14-17;2*3-2(4,5)1(6)7/h10-11H,4-9,12-14H2,1-3H3;2*(H,6,7). The summed E-state index contributed by atoms with van der Waals surface area (Å²) in [4.78, 5) is 33.6. The van der Waals surface area contributed by atoms with Crippen LogP contribution in [0.2, 0.25) is 0 Å². The predicted molar refractivity (Wildman–Crippen MR) is 121 cm³/mol. The number of hydrogen-bond acceptors (Lipinski definition) is 9. The number of anilines is 1. The summed E-state index contributed by atoms with van der Waals surface area (Å²) in [7, 11) is 4.22. The van der Waals surface area contributed by atoms with Crippen LogP contribution in [0.25, 0.3) is 0 Å². The number of aryl methyl sites for hydroxylation is 1. The van der Waals surface area contributed by atoms with Crippen molar-refractivity contribution < 1.29 is 55.6 Å². The molecule has 2 N–H and O–H groups in total. The molecule has 0 aliphatic carbocycles. The Labute approximate surface area is 214 Å². The Balaban J connectivity index is 0.000000426. The van der Waals surface area contributed by atoms with Gasteiger partial charge in [0.1, 0.15) is 5.60 Å². The van der Waals surface area contributed by atoms with E-state index in [0.29, 0.717) is 13.2 Å². The van der Waals surface area contributed by atoms with Gasteiger partial charge >= 0.3 is 24.3 Å². The first-order valence-electron chi connectivity index (χ1n) is 11.2. The summed E-state index contributed by atoms with van der Waals surface area (Å²) in [6.07, 6.45) is -6.42. The number of carbonyl (C=O) groups is 2. The highest BCUT2D eigenvalue weighted by atomic mass is 19.4. The lowest BCUT2D eigenvalue weighted by Gasteiger charge is -2.43.